The molecule has 10 unspecified atom stereocenters. The van der Waals surface area contributed by atoms with Crippen LogP contribution >= 0.6 is 0 Å². The zero-order valence-electron chi connectivity index (χ0n) is 26.0. The zero-order valence-corrected chi connectivity index (χ0v) is 26.0. The van der Waals surface area contributed by atoms with Crippen molar-refractivity contribution in [3.8, 4) is 0 Å². The molecular weight excluding hydrogens is 592 g/mol. The predicted molar refractivity (Wildman–Crippen MR) is 156 cm³/mol. The van der Waals surface area contributed by atoms with Gasteiger partial charge in [0.05, 0.1) is 11.1 Å². The highest BCUT2D eigenvalue weighted by Gasteiger charge is 2.50. The Hall–Kier alpha value is -2.98. The Bertz CT molecular complexity index is 1240. The molecule has 45 heavy (non-hydrogen) atoms. The van der Waals surface area contributed by atoms with Crippen LogP contribution in [-0.4, -0.2) is 117 Å². The standard InChI is InChI=1S/C32H42O13/c1-13-7-15(3)21(16(4)8-13)29(39)41-11-19-23(33)25(35)27(37)31(43-19)45-32-28(38)26(36)24(34)20(44-32)12-42-30(40)22-17(5)9-14(2)10-18(22)6/h7-10,19-20,23-28,31-38H,11-12H2,1-6H3. The van der Waals surface area contributed by atoms with Gasteiger partial charge in [0.1, 0.15) is 62.0 Å². The molecule has 0 bridgehead atoms. The summed E-state index contributed by atoms with van der Waals surface area (Å²) in [6.45, 7) is 9.76. The Kier molecular flexibility index (Phi) is 11.0. The molecule has 4 rings (SSSR count). The van der Waals surface area contributed by atoms with Crippen molar-refractivity contribution < 1.29 is 63.9 Å². The van der Waals surface area contributed by atoms with Gasteiger partial charge in [0.25, 0.3) is 0 Å². The van der Waals surface area contributed by atoms with Crippen molar-refractivity contribution in [2.24, 2.45) is 0 Å². The van der Waals surface area contributed by atoms with E-state index in [9.17, 15) is 40.2 Å². The summed E-state index contributed by atoms with van der Waals surface area (Å²) in [5.74, 6) is -1.37. The molecule has 2 aliphatic rings. The van der Waals surface area contributed by atoms with Crippen LogP contribution in [0.1, 0.15) is 54.1 Å². The maximum atomic E-state index is 12.8. The first-order chi connectivity index (χ1) is 21.1. The van der Waals surface area contributed by atoms with Gasteiger partial charge in [0.2, 0.25) is 0 Å². The summed E-state index contributed by atoms with van der Waals surface area (Å²) in [7, 11) is 0. The lowest BCUT2D eigenvalue weighted by atomic mass is 9.98. The first kappa shape index (κ1) is 34.9. The van der Waals surface area contributed by atoms with E-state index in [1.807, 2.05) is 38.1 Å². The van der Waals surface area contributed by atoms with Crippen LogP contribution in [-0.2, 0) is 23.7 Å². The van der Waals surface area contributed by atoms with E-state index in [4.69, 9.17) is 23.7 Å². The van der Waals surface area contributed by atoms with Gasteiger partial charge in [0.15, 0.2) is 12.6 Å². The second-order valence-corrected chi connectivity index (χ2v) is 11.9. The van der Waals surface area contributed by atoms with Crippen molar-refractivity contribution in [1.29, 1.82) is 0 Å². The van der Waals surface area contributed by atoms with E-state index >= 15 is 0 Å². The molecule has 0 saturated carbocycles. The van der Waals surface area contributed by atoms with Crippen LogP contribution < -0.4 is 0 Å². The molecule has 0 radical (unpaired) electrons. The van der Waals surface area contributed by atoms with E-state index in [1.54, 1.807) is 27.7 Å². The number of hydrogen-bond acceptors (Lipinski definition) is 13. The molecule has 0 aromatic heterocycles. The number of ether oxygens (including phenoxy) is 5. The fourth-order valence-corrected chi connectivity index (χ4v) is 5.93. The van der Waals surface area contributed by atoms with Gasteiger partial charge in [-0.1, -0.05) is 35.4 Å². The maximum absolute atomic E-state index is 12.8. The Morgan fingerprint density at radius 1 is 0.556 bits per heavy atom. The van der Waals surface area contributed by atoms with Crippen molar-refractivity contribution in [1.82, 2.24) is 0 Å². The third kappa shape index (κ3) is 7.54. The maximum Gasteiger partial charge on any atom is 0.338 e. The second kappa shape index (κ2) is 14.2. The molecule has 2 heterocycles. The monoisotopic (exact) mass is 634 g/mol. The van der Waals surface area contributed by atoms with Crippen LogP contribution in [0.2, 0.25) is 0 Å². The van der Waals surface area contributed by atoms with Crippen molar-refractivity contribution in [3.63, 3.8) is 0 Å². The van der Waals surface area contributed by atoms with Crippen LogP contribution in [0.4, 0.5) is 0 Å². The summed E-state index contributed by atoms with van der Waals surface area (Å²) < 4.78 is 27.5. The summed E-state index contributed by atoms with van der Waals surface area (Å²) >= 11 is 0. The summed E-state index contributed by atoms with van der Waals surface area (Å²) in [6.07, 6.45) is -16.9. The van der Waals surface area contributed by atoms with E-state index in [0.717, 1.165) is 11.1 Å². The van der Waals surface area contributed by atoms with Crippen LogP contribution in [0.25, 0.3) is 0 Å². The van der Waals surface area contributed by atoms with E-state index in [1.165, 1.54) is 0 Å². The number of carbonyl (C=O) groups is 2. The van der Waals surface area contributed by atoms with Gasteiger partial charge in [-0.25, -0.2) is 9.59 Å². The minimum Gasteiger partial charge on any atom is -0.459 e. The largest absolute Gasteiger partial charge is 0.459 e. The van der Waals surface area contributed by atoms with Crippen LogP contribution in [0.5, 0.6) is 0 Å². The molecule has 13 nitrogen and oxygen atoms in total. The highest BCUT2D eigenvalue weighted by molar-refractivity contribution is 5.93. The van der Waals surface area contributed by atoms with Gasteiger partial charge in [-0.2, -0.15) is 0 Å². The topological polar surface area (TPSA) is 202 Å². The third-order valence-corrected chi connectivity index (χ3v) is 8.12. The van der Waals surface area contributed by atoms with E-state index in [2.05, 4.69) is 0 Å². The van der Waals surface area contributed by atoms with Gasteiger partial charge >= 0.3 is 11.9 Å². The molecular formula is C32H42O13. The molecule has 2 aliphatic heterocycles. The van der Waals surface area contributed by atoms with Gasteiger partial charge in [0, 0.05) is 0 Å². The Balaban J connectivity index is 1.42. The molecule has 0 aliphatic carbocycles. The van der Waals surface area contributed by atoms with Crippen LogP contribution in [0, 0.1) is 41.5 Å². The van der Waals surface area contributed by atoms with Crippen molar-refractivity contribution in [2.45, 2.75) is 103 Å². The molecule has 6 N–H and O–H groups in total. The van der Waals surface area contributed by atoms with Crippen LogP contribution in [0.3, 0.4) is 0 Å². The SMILES string of the molecule is Cc1cc(C)c(C(=O)OCC2OC(OC3OC(COC(=O)c4c(C)cc(C)cc4C)C(O)C(O)C3O)C(O)C(O)C2O)c(C)c1. The summed E-state index contributed by atoms with van der Waals surface area (Å²) in [6, 6.07) is 7.27. The van der Waals surface area contributed by atoms with E-state index in [-0.39, 0.29) is 0 Å². The van der Waals surface area contributed by atoms with Gasteiger partial charge in [-0.05, 0) is 63.8 Å². The predicted octanol–water partition coefficient (Wildman–Crippen LogP) is 0.183. The average molecular weight is 635 g/mol. The molecule has 2 saturated heterocycles. The highest BCUT2D eigenvalue weighted by Crippen LogP contribution is 2.29. The van der Waals surface area contributed by atoms with E-state index in [0.29, 0.717) is 33.4 Å². The Labute approximate surface area is 260 Å². The molecule has 2 fully saturated rings. The fourth-order valence-electron chi connectivity index (χ4n) is 5.93. The average Bonchev–Trinajstić information content (AvgIpc) is 2.95. The molecule has 2 aromatic rings. The number of benzene rings is 2. The normalized spacial score (nSPS) is 31.8. The molecule has 10 atom stereocenters. The summed E-state index contributed by atoms with van der Waals surface area (Å²) in [5.41, 5.74) is 5.36. The quantitative estimate of drug-likeness (QED) is 0.215. The number of aliphatic hydroxyl groups is 6. The number of rotatable bonds is 8. The van der Waals surface area contributed by atoms with Gasteiger partial charge < -0.3 is 54.3 Å². The van der Waals surface area contributed by atoms with Crippen molar-refractivity contribution in [2.75, 3.05) is 13.2 Å². The minimum absolute atomic E-state index is 0.338. The molecule has 13 heteroatoms. The van der Waals surface area contributed by atoms with Gasteiger partial charge in [-0.15, -0.1) is 0 Å². The lowest BCUT2D eigenvalue weighted by Gasteiger charge is -2.44. The third-order valence-electron chi connectivity index (χ3n) is 8.12. The number of esters is 2. The molecule has 0 spiro atoms. The second-order valence-electron chi connectivity index (χ2n) is 11.9. The number of aliphatic hydroxyl groups excluding tert-OH is 6. The lowest BCUT2D eigenvalue weighted by molar-refractivity contribution is -0.376. The summed E-state index contributed by atoms with van der Waals surface area (Å²) in [4.78, 5) is 25.7. The highest BCUT2D eigenvalue weighted by atomic mass is 16.8. The molecule has 0 amide bonds. The smallest absolute Gasteiger partial charge is 0.338 e. The summed E-state index contributed by atoms with van der Waals surface area (Å²) in [5, 5.41) is 63.2. The first-order valence-corrected chi connectivity index (χ1v) is 14.6. The van der Waals surface area contributed by atoms with Gasteiger partial charge in [-0.3, -0.25) is 0 Å². The lowest BCUT2D eigenvalue weighted by Crippen LogP contribution is -2.64. The van der Waals surface area contributed by atoms with E-state index < -0.39 is 86.6 Å². The Morgan fingerprint density at radius 2 is 0.867 bits per heavy atom. The Morgan fingerprint density at radius 3 is 1.18 bits per heavy atom. The number of aryl methyl sites for hydroxylation is 6. The fraction of sp³-hybridized carbons (Fsp3) is 0.562. The molecule has 248 valence electrons. The minimum atomic E-state index is -1.85. The van der Waals surface area contributed by atoms with Crippen LogP contribution in [0.15, 0.2) is 24.3 Å². The number of carbonyl (C=O) groups excluding carboxylic acids is 2. The molecule has 2 aromatic carbocycles. The number of hydrogen-bond donors (Lipinski definition) is 6. The van der Waals surface area contributed by atoms with Crippen molar-refractivity contribution >= 4 is 11.9 Å². The first-order valence-electron chi connectivity index (χ1n) is 14.6. The zero-order chi connectivity index (χ0) is 33.3. The van der Waals surface area contributed by atoms with Crippen molar-refractivity contribution in [3.05, 3.63) is 68.8 Å².